The Morgan fingerprint density at radius 3 is 2.63 bits per heavy atom. The van der Waals surface area contributed by atoms with Gasteiger partial charge < -0.3 is 5.11 Å². The molecule has 0 atom stereocenters. The lowest BCUT2D eigenvalue weighted by molar-refractivity contribution is 0.0696. The van der Waals surface area contributed by atoms with Crippen LogP contribution in [0.15, 0.2) is 12.1 Å². The van der Waals surface area contributed by atoms with Gasteiger partial charge in [-0.05, 0) is 38.5 Å². The maximum absolute atomic E-state index is 11.2. The van der Waals surface area contributed by atoms with Gasteiger partial charge in [0.25, 0.3) is 0 Å². The smallest absolute Gasteiger partial charge is 0.335 e. The normalized spacial score (nSPS) is 11.3. The van der Waals surface area contributed by atoms with E-state index in [4.69, 9.17) is 0 Å². The molecule has 0 saturated heterocycles. The molecule has 1 N–H and O–H groups in total. The highest BCUT2D eigenvalue weighted by atomic mass is 32.1. The molecule has 0 bridgehead atoms. The summed E-state index contributed by atoms with van der Waals surface area (Å²) in [6.07, 6.45) is 0. The van der Waals surface area contributed by atoms with Crippen LogP contribution in [0.2, 0.25) is 0 Å². The molecule has 5 heteroatoms. The van der Waals surface area contributed by atoms with Crippen LogP contribution in [-0.4, -0.2) is 21.3 Å². The van der Waals surface area contributed by atoms with Gasteiger partial charge in [0.1, 0.15) is 5.69 Å². The molecular formula is C14H12N2O2S. The molecule has 0 unspecified atom stereocenters. The quantitative estimate of drug-likeness (QED) is 0.737. The molecule has 0 aromatic heterocycles. The lowest BCUT2D eigenvalue weighted by atomic mass is 9.99. The first-order valence-electron chi connectivity index (χ1n) is 5.89. The molecule has 3 rings (SSSR count). The van der Waals surface area contributed by atoms with E-state index in [0.29, 0.717) is 5.56 Å². The van der Waals surface area contributed by atoms with Gasteiger partial charge in [0.15, 0.2) is 0 Å². The second kappa shape index (κ2) is 3.99. The molecular weight excluding hydrogens is 260 g/mol. The minimum absolute atomic E-state index is 0.325. The number of hydrogen-bond donors (Lipinski definition) is 1. The minimum atomic E-state index is -0.908. The molecule has 0 fully saturated rings. The van der Waals surface area contributed by atoms with E-state index in [2.05, 4.69) is 10.2 Å². The van der Waals surface area contributed by atoms with Crippen molar-refractivity contribution in [3.05, 3.63) is 33.8 Å². The summed E-state index contributed by atoms with van der Waals surface area (Å²) in [5.74, 6) is -0.908. The standard InChI is InChI=1S/C14H12N2O2S/c1-6-9(14(17)18)4-5-10-11(6)13-12(8(3)19-10)7(2)15-16-13/h4-5H,1-3H3,(H,17,18). The van der Waals surface area contributed by atoms with Crippen molar-refractivity contribution in [3.8, 4) is 11.3 Å². The molecule has 2 aliphatic rings. The first kappa shape index (κ1) is 12.0. The number of carbonyl (C=O) groups is 1. The number of hydrogen-bond acceptors (Lipinski definition) is 4. The monoisotopic (exact) mass is 272 g/mol. The largest absolute Gasteiger partial charge is 0.478 e. The van der Waals surface area contributed by atoms with Crippen molar-refractivity contribution in [2.45, 2.75) is 20.8 Å². The molecule has 2 heterocycles. The number of benzene rings is 1. The highest BCUT2D eigenvalue weighted by molar-refractivity contribution is 7.19. The summed E-state index contributed by atoms with van der Waals surface area (Å²) in [7, 11) is 0. The molecule has 96 valence electrons. The predicted octanol–water partition coefficient (Wildman–Crippen LogP) is 3.42. The van der Waals surface area contributed by atoms with Crippen LogP contribution in [0.1, 0.15) is 26.5 Å². The summed E-state index contributed by atoms with van der Waals surface area (Å²) in [6, 6.07) is 3.51. The molecule has 19 heavy (non-hydrogen) atoms. The third-order valence-corrected chi connectivity index (χ3v) is 4.48. The molecule has 2 aliphatic heterocycles. The number of carboxylic acids is 1. The molecule has 4 nitrogen and oxygen atoms in total. The number of nitrogens with zero attached hydrogens (tertiary/aromatic N) is 2. The van der Waals surface area contributed by atoms with Crippen molar-refractivity contribution in [2.75, 3.05) is 0 Å². The van der Waals surface area contributed by atoms with E-state index in [1.54, 1.807) is 17.4 Å². The maximum atomic E-state index is 11.2. The highest BCUT2D eigenvalue weighted by Gasteiger charge is 2.21. The number of aromatic carboxylic acids is 1. The Morgan fingerprint density at radius 1 is 1.21 bits per heavy atom. The van der Waals surface area contributed by atoms with E-state index in [9.17, 15) is 9.90 Å². The van der Waals surface area contributed by atoms with Gasteiger partial charge in [0, 0.05) is 20.5 Å². The van der Waals surface area contributed by atoms with Crippen LogP contribution < -0.4 is 0 Å². The highest BCUT2D eigenvalue weighted by Crippen LogP contribution is 2.40. The Labute approximate surface area is 114 Å². The van der Waals surface area contributed by atoms with E-state index in [-0.39, 0.29) is 0 Å². The third-order valence-electron chi connectivity index (χ3n) is 3.41. The lowest BCUT2D eigenvalue weighted by Crippen LogP contribution is -2.00. The van der Waals surface area contributed by atoms with Gasteiger partial charge in [-0.1, -0.05) is 0 Å². The van der Waals surface area contributed by atoms with Crippen molar-refractivity contribution >= 4 is 27.4 Å². The van der Waals surface area contributed by atoms with Gasteiger partial charge in [0.2, 0.25) is 0 Å². The Morgan fingerprint density at radius 2 is 1.95 bits per heavy atom. The fourth-order valence-corrected chi connectivity index (χ4v) is 3.67. The Kier molecular flexibility index (Phi) is 2.53. The fraction of sp³-hybridized carbons (Fsp3) is 0.214. The maximum Gasteiger partial charge on any atom is 0.335 e. The van der Waals surface area contributed by atoms with Crippen molar-refractivity contribution in [1.29, 1.82) is 0 Å². The average molecular weight is 272 g/mol. The summed E-state index contributed by atoms with van der Waals surface area (Å²) in [6.45, 7) is 5.80. The molecule has 1 aromatic carbocycles. The Balaban J connectivity index is 2.52. The van der Waals surface area contributed by atoms with Crippen molar-refractivity contribution in [1.82, 2.24) is 10.2 Å². The van der Waals surface area contributed by atoms with Crippen molar-refractivity contribution < 1.29 is 9.90 Å². The zero-order valence-electron chi connectivity index (χ0n) is 10.8. The average Bonchev–Trinajstić information content (AvgIpc) is 2.71. The fourth-order valence-electron chi connectivity index (χ4n) is 2.51. The van der Waals surface area contributed by atoms with Gasteiger partial charge >= 0.3 is 5.97 Å². The van der Waals surface area contributed by atoms with E-state index in [1.807, 2.05) is 26.8 Å². The summed E-state index contributed by atoms with van der Waals surface area (Å²) in [5.41, 5.74) is 3.83. The third kappa shape index (κ3) is 1.62. The van der Waals surface area contributed by atoms with Crippen LogP contribution >= 0.6 is 11.3 Å². The number of fused-ring (bicyclic) bond motifs is 3. The zero-order valence-corrected chi connectivity index (χ0v) is 11.6. The van der Waals surface area contributed by atoms with E-state index < -0.39 is 5.97 Å². The van der Waals surface area contributed by atoms with E-state index in [0.717, 1.165) is 37.5 Å². The molecule has 0 saturated carbocycles. The topological polar surface area (TPSA) is 63.1 Å². The summed E-state index contributed by atoms with van der Waals surface area (Å²) >= 11 is 1.65. The van der Waals surface area contributed by atoms with Crippen molar-refractivity contribution in [2.24, 2.45) is 0 Å². The first-order valence-corrected chi connectivity index (χ1v) is 6.71. The van der Waals surface area contributed by atoms with Crippen LogP contribution in [0, 0.1) is 20.8 Å². The summed E-state index contributed by atoms with van der Waals surface area (Å²) in [4.78, 5) is 12.4. The Bertz CT molecular complexity index is 792. The zero-order chi connectivity index (χ0) is 13.7. The summed E-state index contributed by atoms with van der Waals surface area (Å²) < 4.78 is 1.05. The van der Waals surface area contributed by atoms with E-state index >= 15 is 0 Å². The van der Waals surface area contributed by atoms with Crippen LogP contribution in [0.25, 0.3) is 21.3 Å². The van der Waals surface area contributed by atoms with Crippen LogP contribution in [0.4, 0.5) is 0 Å². The molecule has 0 spiro atoms. The SMILES string of the molecule is Cc1nnc2c3c(C)c(C(=O)O)ccc3sc(C)c1-2. The minimum Gasteiger partial charge on any atom is -0.478 e. The molecule has 1 aromatic rings. The van der Waals surface area contributed by atoms with Crippen molar-refractivity contribution in [3.63, 3.8) is 0 Å². The second-order valence-corrected chi connectivity index (χ2v) is 5.84. The number of carboxylic acid groups (broad SMARTS) is 1. The first-order chi connectivity index (χ1) is 9.00. The van der Waals surface area contributed by atoms with Gasteiger partial charge in [-0.3, -0.25) is 0 Å². The second-order valence-electron chi connectivity index (χ2n) is 4.58. The molecule has 0 amide bonds. The van der Waals surface area contributed by atoms with Crippen LogP contribution in [-0.2, 0) is 0 Å². The molecule has 0 radical (unpaired) electrons. The number of aryl methyl sites for hydroxylation is 3. The van der Waals surface area contributed by atoms with Gasteiger partial charge in [-0.15, -0.1) is 16.4 Å². The van der Waals surface area contributed by atoms with Crippen LogP contribution in [0.5, 0.6) is 0 Å². The number of rotatable bonds is 1. The number of aromatic nitrogens is 2. The van der Waals surface area contributed by atoms with Gasteiger partial charge in [-0.25, -0.2) is 4.79 Å². The molecule has 0 aliphatic carbocycles. The summed E-state index contributed by atoms with van der Waals surface area (Å²) in [5, 5.41) is 18.5. The van der Waals surface area contributed by atoms with Gasteiger partial charge in [0.05, 0.1) is 11.3 Å². The lowest BCUT2D eigenvalue weighted by Gasteiger charge is -2.11. The Hall–Kier alpha value is -2.01. The van der Waals surface area contributed by atoms with E-state index in [1.165, 1.54) is 0 Å². The predicted molar refractivity (Wildman–Crippen MR) is 75.2 cm³/mol. The van der Waals surface area contributed by atoms with Gasteiger partial charge in [-0.2, -0.15) is 5.10 Å². The van der Waals surface area contributed by atoms with Crippen LogP contribution in [0.3, 0.4) is 0 Å².